The summed E-state index contributed by atoms with van der Waals surface area (Å²) in [5, 5.41) is 2.01. The highest BCUT2D eigenvalue weighted by atomic mass is 32.1. The second kappa shape index (κ2) is 14.5. The van der Waals surface area contributed by atoms with Gasteiger partial charge in [0.05, 0.1) is 33.9 Å². The number of unbranched alkanes of at least 4 members (excludes halogenated alkanes) is 1. The molecule has 1 heterocycles. The van der Waals surface area contributed by atoms with E-state index in [9.17, 15) is 9.59 Å². The van der Waals surface area contributed by atoms with E-state index in [1.807, 2.05) is 40.6 Å². The predicted molar refractivity (Wildman–Crippen MR) is 131 cm³/mol. The fraction of sp³-hybridized carbons (Fsp3) is 0.520. The van der Waals surface area contributed by atoms with E-state index in [0.29, 0.717) is 50.6 Å². The van der Waals surface area contributed by atoms with Crippen molar-refractivity contribution in [3.8, 4) is 11.5 Å². The van der Waals surface area contributed by atoms with Crippen molar-refractivity contribution >= 4 is 23.2 Å². The number of rotatable bonds is 15. The van der Waals surface area contributed by atoms with Gasteiger partial charge in [0, 0.05) is 31.5 Å². The molecule has 0 radical (unpaired) electrons. The maximum atomic E-state index is 13.3. The number of ether oxygens (including phenoxy) is 3. The molecule has 1 aromatic carbocycles. The second-order valence-corrected chi connectivity index (χ2v) is 8.78. The van der Waals surface area contributed by atoms with Crippen molar-refractivity contribution in [2.75, 3.05) is 47.6 Å². The number of hydrogen-bond acceptors (Lipinski definition) is 6. The Hall–Kier alpha value is -2.58. The average Bonchev–Trinajstić information content (AvgIpc) is 3.35. The number of carbonyl (C=O) groups excluding carboxylic acids is 2. The first-order valence-corrected chi connectivity index (χ1v) is 12.2. The Morgan fingerprint density at radius 1 is 0.970 bits per heavy atom. The molecule has 1 aromatic heterocycles. The fourth-order valence-corrected chi connectivity index (χ4v) is 4.15. The van der Waals surface area contributed by atoms with Crippen LogP contribution in [0.4, 0.5) is 0 Å². The quantitative estimate of drug-likeness (QED) is 0.389. The lowest BCUT2D eigenvalue weighted by molar-refractivity contribution is -0.141. The number of hydrogen-bond donors (Lipinski definition) is 0. The van der Waals surface area contributed by atoms with Gasteiger partial charge in [0.2, 0.25) is 11.8 Å². The lowest BCUT2D eigenvalue weighted by atomic mass is 10.1. The van der Waals surface area contributed by atoms with Crippen LogP contribution in [0.15, 0.2) is 35.7 Å². The molecule has 0 aliphatic carbocycles. The zero-order valence-electron chi connectivity index (χ0n) is 20.2. The molecule has 0 saturated carbocycles. The molecule has 2 amide bonds. The van der Waals surface area contributed by atoms with Crippen LogP contribution < -0.4 is 9.47 Å². The van der Waals surface area contributed by atoms with E-state index in [0.717, 1.165) is 23.3 Å². The van der Waals surface area contributed by atoms with Crippen molar-refractivity contribution < 1.29 is 23.8 Å². The minimum absolute atomic E-state index is 0.00165. The molecule has 33 heavy (non-hydrogen) atoms. The van der Waals surface area contributed by atoms with Gasteiger partial charge in [0.15, 0.2) is 11.5 Å². The number of carbonyl (C=O) groups is 2. The number of benzene rings is 1. The van der Waals surface area contributed by atoms with Gasteiger partial charge in [-0.2, -0.15) is 0 Å². The Balaban J connectivity index is 2.12. The normalized spacial score (nSPS) is 10.7. The van der Waals surface area contributed by atoms with Crippen molar-refractivity contribution in [1.82, 2.24) is 9.80 Å². The second-order valence-electron chi connectivity index (χ2n) is 7.75. The van der Waals surface area contributed by atoms with Crippen LogP contribution in [0.25, 0.3) is 0 Å². The van der Waals surface area contributed by atoms with E-state index in [2.05, 4.69) is 6.92 Å². The molecule has 2 rings (SSSR count). The Morgan fingerprint density at radius 2 is 1.76 bits per heavy atom. The van der Waals surface area contributed by atoms with Crippen LogP contribution >= 0.6 is 11.3 Å². The van der Waals surface area contributed by atoms with Crippen LogP contribution in [0, 0.1) is 0 Å². The van der Waals surface area contributed by atoms with Crippen LogP contribution in [0.5, 0.6) is 11.5 Å². The van der Waals surface area contributed by atoms with Gasteiger partial charge in [-0.15, -0.1) is 11.3 Å². The minimum atomic E-state index is -0.0650. The van der Waals surface area contributed by atoms with Crippen LogP contribution in [0.3, 0.4) is 0 Å². The summed E-state index contributed by atoms with van der Waals surface area (Å²) in [5.41, 5.74) is 1.05. The number of methoxy groups -OCH3 is 3. The Labute approximate surface area is 201 Å². The zero-order chi connectivity index (χ0) is 24.1. The summed E-state index contributed by atoms with van der Waals surface area (Å²) < 4.78 is 15.9. The van der Waals surface area contributed by atoms with E-state index < -0.39 is 0 Å². The van der Waals surface area contributed by atoms with Crippen molar-refractivity contribution in [1.29, 1.82) is 0 Å². The molecule has 0 aliphatic heterocycles. The summed E-state index contributed by atoms with van der Waals surface area (Å²) >= 11 is 1.62. The summed E-state index contributed by atoms with van der Waals surface area (Å²) in [7, 11) is 4.82. The van der Waals surface area contributed by atoms with Crippen molar-refractivity contribution in [2.24, 2.45) is 0 Å². The molecule has 182 valence electrons. The zero-order valence-corrected chi connectivity index (χ0v) is 21.0. The van der Waals surface area contributed by atoms with Gasteiger partial charge in [0.1, 0.15) is 0 Å². The summed E-state index contributed by atoms with van der Waals surface area (Å²) in [6.07, 6.45) is 2.87. The highest BCUT2D eigenvalue weighted by molar-refractivity contribution is 7.09. The van der Waals surface area contributed by atoms with Crippen molar-refractivity contribution in [3.63, 3.8) is 0 Å². The first kappa shape index (κ1) is 26.7. The number of thiophene rings is 1. The Kier molecular flexibility index (Phi) is 11.8. The average molecular weight is 477 g/mol. The van der Waals surface area contributed by atoms with Gasteiger partial charge in [-0.05, 0) is 42.0 Å². The number of amides is 2. The first-order valence-electron chi connectivity index (χ1n) is 11.3. The summed E-state index contributed by atoms with van der Waals surface area (Å²) in [4.78, 5) is 30.5. The van der Waals surface area contributed by atoms with Crippen molar-refractivity contribution in [3.05, 3.63) is 46.2 Å². The summed E-state index contributed by atoms with van der Waals surface area (Å²) in [6.45, 7) is 3.98. The van der Waals surface area contributed by atoms with E-state index >= 15 is 0 Å². The SMILES string of the molecule is CCCCC(=O)N(CCOC)CC(=O)N(CCc1ccc(OC)c(OC)c1)Cc1cccs1. The largest absolute Gasteiger partial charge is 0.493 e. The first-order chi connectivity index (χ1) is 16.0. The third kappa shape index (κ3) is 8.70. The third-order valence-corrected chi connectivity index (χ3v) is 6.25. The summed E-state index contributed by atoms with van der Waals surface area (Å²) in [6, 6.07) is 9.80. The van der Waals surface area contributed by atoms with Gasteiger partial charge in [-0.1, -0.05) is 25.5 Å². The molecule has 0 bridgehead atoms. The Morgan fingerprint density at radius 3 is 2.39 bits per heavy atom. The molecule has 0 N–H and O–H groups in total. The monoisotopic (exact) mass is 476 g/mol. The highest BCUT2D eigenvalue weighted by Crippen LogP contribution is 2.28. The smallest absolute Gasteiger partial charge is 0.242 e. The molecule has 0 aliphatic rings. The highest BCUT2D eigenvalue weighted by Gasteiger charge is 2.21. The standard InChI is InChI=1S/C25H36N2O5S/c1-5-6-9-24(28)27(14-15-30-2)19-25(29)26(18-21-8-7-16-33-21)13-12-20-10-11-22(31-3)23(17-20)32-4/h7-8,10-11,16-17H,5-6,9,12-15,18-19H2,1-4H3. The molecular formula is C25H36N2O5S. The minimum Gasteiger partial charge on any atom is -0.493 e. The topological polar surface area (TPSA) is 68.3 Å². The van der Waals surface area contributed by atoms with Crippen LogP contribution in [0.1, 0.15) is 36.6 Å². The lowest BCUT2D eigenvalue weighted by Crippen LogP contribution is -2.44. The molecule has 0 saturated heterocycles. The van der Waals surface area contributed by atoms with E-state index in [1.54, 1.807) is 37.6 Å². The number of nitrogens with zero attached hydrogens (tertiary/aromatic N) is 2. The van der Waals surface area contributed by atoms with Crippen molar-refractivity contribution in [2.45, 2.75) is 39.2 Å². The molecule has 0 unspecified atom stereocenters. The predicted octanol–water partition coefficient (Wildman–Crippen LogP) is 4.00. The van der Waals surface area contributed by atoms with E-state index in [4.69, 9.17) is 14.2 Å². The maximum Gasteiger partial charge on any atom is 0.242 e. The van der Waals surface area contributed by atoms with Crippen LogP contribution in [-0.4, -0.2) is 69.2 Å². The Bertz CT molecular complexity index is 856. The van der Waals surface area contributed by atoms with Crippen LogP contribution in [-0.2, 0) is 27.3 Å². The van der Waals surface area contributed by atoms with Gasteiger partial charge >= 0.3 is 0 Å². The molecule has 0 fully saturated rings. The molecule has 0 spiro atoms. The molecule has 2 aromatic rings. The van der Waals surface area contributed by atoms with Gasteiger partial charge in [0.25, 0.3) is 0 Å². The maximum absolute atomic E-state index is 13.3. The van der Waals surface area contributed by atoms with Gasteiger partial charge in [-0.25, -0.2) is 0 Å². The van der Waals surface area contributed by atoms with Gasteiger partial charge in [-0.3, -0.25) is 9.59 Å². The van der Waals surface area contributed by atoms with E-state index in [-0.39, 0.29) is 18.4 Å². The molecule has 8 heteroatoms. The molecular weight excluding hydrogens is 440 g/mol. The molecule has 0 atom stereocenters. The van der Waals surface area contributed by atoms with Gasteiger partial charge < -0.3 is 24.0 Å². The fourth-order valence-electron chi connectivity index (χ4n) is 3.43. The van der Waals surface area contributed by atoms with Crippen LogP contribution in [0.2, 0.25) is 0 Å². The van der Waals surface area contributed by atoms with E-state index in [1.165, 1.54) is 0 Å². The third-order valence-electron chi connectivity index (χ3n) is 5.39. The summed E-state index contributed by atoms with van der Waals surface area (Å²) in [5.74, 6) is 1.27. The molecule has 7 nitrogen and oxygen atoms in total. The lowest BCUT2D eigenvalue weighted by Gasteiger charge is -2.27.